The average molecular weight is 360 g/mol. The highest BCUT2D eigenvalue weighted by atomic mass is 79.9. The number of aliphatic carboxylic acids is 1. The zero-order valence-corrected chi connectivity index (χ0v) is 13.7. The zero-order chi connectivity index (χ0) is 14.7. The number of carboxylic acid groups (broad SMARTS) is 1. The molecule has 1 heterocycles. The summed E-state index contributed by atoms with van der Waals surface area (Å²) in [6, 6.07) is 2.01. The molecule has 2 rings (SSSR count). The molecule has 1 aliphatic rings. The minimum Gasteiger partial charge on any atom is -0.481 e. The number of rotatable bonds is 4. The van der Waals surface area contributed by atoms with Gasteiger partial charge in [0.2, 0.25) is 5.91 Å². The number of carbonyl (C=O) groups is 2. The molecule has 0 unspecified atom stereocenters. The van der Waals surface area contributed by atoms with Gasteiger partial charge in [0.1, 0.15) is 0 Å². The number of carboxylic acids is 1. The van der Waals surface area contributed by atoms with Crippen LogP contribution in [-0.2, 0) is 16.1 Å². The van der Waals surface area contributed by atoms with Gasteiger partial charge in [0.25, 0.3) is 0 Å². The molecule has 1 aromatic rings. The Morgan fingerprint density at radius 1 is 1.45 bits per heavy atom. The van der Waals surface area contributed by atoms with Crippen LogP contribution in [0.5, 0.6) is 0 Å². The SMILES string of the molecule is CN(Cc1csc(Br)c1)C(=O)[C@@H]1CCC[C@H](C(=O)O)C1. The van der Waals surface area contributed by atoms with Crippen molar-refractivity contribution in [1.82, 2.24) is 4.90 Å². The van der Waals surface area contributed by atoms with Gasteiger partial charge in [-0.1, -0.05) is 6.42 Å². The Balaban J connectivity index is 1.94. The van der Waals surface area contributed by atoms with E-state index in [-0.39, 0.29) is 17.7 Å². The normalized spacial score (nSPS) is 22.5. The van der Waals surface area contributed by atoms with Crippen molar-refractivity contribution in [2.45, 2.75) is 32.2 Å². The lowest BCUT2D eigenvalue weighted by Crippen LogP contribution is -2.36. The third-order valence-electron chi connectivity index (χ3n) is 3.79. The van der Waals surface area contributed by atoms with Crippen LogP contribution in [0.15, 0.2) is 15.2 Å². The van der Waals surface area contributed by atoms with Crippen molar-refractivity contribution in [3.05, 3.63) is 20.8 Å². The first-order valence-electron chi connectivity index (χ1n) is 6.68. The van der Waals surface area contributed by atoms with E-state index < -0.39 is 5.97 Å². The molecule has 110 valence electrons. The maximum atomic E-state index is 12.4. The number of thiophene rings is 1. The molecule has 0 saturated heterocycles. The maximum Gasteiger partial charge on any atom is 0.306 e. The summed E-state index contributed by atoms with van der Waals surface area (Å²) in [6.07, 6.45) is 2.80. The molecular formula is C14H18BrNO3S. The van der Waals surface area contributed by atoms with Gasteiger partial charge >= 0.3 is 5.97 Å². The highest BCUT2D eigenvalue weighted by molar-refractivity contribution is 9.11. The van der Waals surface area contributed by atoms with Crippen LogP contribution in [0.2, 0.25) is 0 Å². The largest absolute Gasteiger partial charge is 0.481 e. The summed E-state index contributed by atoms with van der Waals surface area (Å²) in [5.74, 6) is -1.21. The maximum absolute atomic E-state index is 12.4. The lowest BCUT2D eigenvalue weighted by Gasteiger charge is -2.29. The van der Waals surface area contributed by atoms with Crippen LogP contribution in [0, 0.1) is 11.8 Å². The van der Waals surface area contributed by atoms with Crippen LogP contribution in [-0.4, -0.2) is 28.9 Å². The van der Waals surface area contributed by atoms with Crippen molar-refractivity contribution >= 4 is 39.1 Å². The van der Waals surface area contributed by atoms with Crippen molar-refractivity contribution < 1.29 is 14.7 Å². The second-order valence-electron chi connectivity index (χ2n) is 5.35. The highest BCUT2D eigenvalue weighted by Gasteiger charge is 2.32. The fourth-order valence-electron chi connectivity index (χ4n) is 2.73. The fraction of sp³-hybridized carbons (Fsp3) is 0.571. The molecule has 1 amide bonds. The van der Waals surface area contributed by atoms with Crippen LogP contribution in [0.1, 0.15) is 31.2 Å². The smallest absolute Gasteiger partial charge is 0.306 e. The molecule has 1 saturated carbocycles. The Morgan fingerprint density at radius 3 is 2.75 bits per heavy atom. The van der Waals surface area contributed by atoms with Crippen molar-refractivity contribution in [1.29, 1.82) is 0 Å². The first-order chi connectivity index (χ1) is 9.47. The number of amides is 1. The monoisotopic (exact) mass is 359 g/mol. The third kappa shape index (κ3) is 3.82. The summed E-state index contributed by atoms with van der Waals surface area (Å²) >= 11 is 5.01. The van der Waals surface area contributed by atoms with Crippen molar-refractivity contribution in [2.24, 2.45) is 11.8 Å². The van der Waals surface area contributed by atoms with Crippen LogP contribution < -0.4 is 0 Å². The van der Waals surface area contributed by atoms with E-state index in [2.05, 4.69) is 15.9 Å². The lowest BCUT2D eigenvalue weighted by atomic mass is 9.81. The summed E-state index contributed by atoms with van der Waals surface area (Å²) in [5.41, 5.74) is 1.10. The third-order valence-corrected chi connectivity index (χ3v) is 5.34. The number of carbonyl (C=O) groups excluding carboxylic acids is 1. The van der Waals surface area contributed by atoms with Gasteiger partial charge in [0.15, 0.2) is 0 Å². The molecule has 6 heteroatoms. The van der Waals surface area contributed by atoms with Crippen LogP contribution >= 0.6 is 27.3 Å². The molecule has 0 bridgehead atoms. The standard InChI is InChI=1S/C14H18BrNO3S/c1-16(7-9-5-12(15)20-8-9)13(17)10-3-2-4-11(6-10)14(18)19/h5,8,10-11H,2-4,6-7H2,1H3,(H,18,19)/t10-,11+/m1/s1. The van der Waals surface area contributed by atoms with E-state index in [1.165, 1.54) is 0 Å². The summed E-state index contributed by atoms with van der Waals surface area (Å²) in [5, 5.41) is 11.1. The molecule has 2 atom stereocenters. The molecule has 1 aromatic heterocycles. The molecule has 0 spiro atoms. The van der Waals surface area contributed by atoms with Crippen LogP contribution in [0.3, 0.4) is 0 Å². The van der Waals surface area contributed by atoms with E-state index in [1.807, 2.05) is 11.4 Å². The molecule has 1 fully saturated rings. The van der Waals surface area contributed by atoms with Gasteiger partial charge < -0.3 is 10.0 Å². The molecule has 0 aromatic carbocycles. The zero-order valence-electron chi connectivity index (χ0n) is 11.3. The number of nitrogens with zero attached hydrogens (tertiary/aromatic N) is 1. The molecular weight excluding hydrogens is 342 g/mol. The molecule has 1 aliphatic carbocycles. The van der Waals surface area contributed by atoms with Crippen LogP contribution in [0.4, 0.5) is 0 Å². The Morgan fingerprint density at radius 2 is 2.15 bits per heavy atom. The first kappa shape index (κ1) is 15.5. The number of halogens is 1. The molecule has 20 heavy (non-hydrogen) atoms. The van der Waals surface area contributed by atoms with E-state index >= 15 is 0 Å². The second-order valence-corrected chi connectivity index (χ2v) is 7.64. The van der Waals surface area contributed by atoms with Gasteiger partial charge in [0.05, 0.1) is 9.70 Å². The summed E-state index contributed by atoms with van der Waals surface area (Å²) in [4.78, 5) is 25.2. The van der Waals surface area contributed by atoms with E-state index in [4.69, 9.17) is 5.11 Å². The fourth-order valence-corrected chi connectivity index (χ4v) is 3.93. The topological polar surface area (TPSA) is 57.6 Å². The van der Waals surface area contributed by atoms with Crippen molar-refractivity contribution in [3.8, 4) is 0 Å². The van der Waals surface area contributed by atoms with E-state index in [1.54, 1.807) is 23.3 Å². The second kappa shape index (κ2) is 6.72. The average Bonchev–Trinajstić information content (AvgIpc) is 2.83. The van der Waals surface area contributed by atoms with Gasteiger partial charge in [0, 0.05) is 19.5 Å². The van der Waals surface area contributed by atoms with Gasteiger partial charge in [-0.15, -0.1) is 11.3 Å². The van der Waals surface area contributed by atoms with Gasteiger partial charge in [-0.05, 0) is 52.2 Å². The van der Waals surface area contributed by atoms with Crippen molar-refractivity contribution in [2.75, 3.05) is 7.05 Å². The minimum atomic E-state index is -0.771. The number of hydrogen-bond donors (Lipinski definition) is 1. The molecule has 4 nitrogen and oxygen atoms in total. The Kier molecular flexibility index (Phi) is 5.21. The van der Waals surface area contributed by atoms with E-state index in [0.717, 1.165) is 22.2 Å². The summed E-state index contributed by atoms with van der Waals surface area (Å²) < 4.78 is 1.05. The highest BCUT2D eigenvalue weighted by Crippen LogP contribution is 2.31. The van der Waals surface area contributed by atoms with Crippen molar-refractivity contribution in [3.63, 3.8) is 0 Å². The van der Waals surface area contributed by atoms with E-state index in [0.29, 0.717) is 19.4 Å². The minimum absolute atomic E-state index is 0.0678. The van der Waals surface area contributed by atoms with Gasteiger partial charge in [-0.3, -0.25) is 9.59 Å². The lowest BCUT2D eigenvalue weighted by molar-refractivity contribution is -0.145. The van der Waals surface area contributed by atoms with Crippen LogP contribution in [0.25, 0.3) is 0 Å². The Labute approximate surface area is 130 Å². The number of hydrogen-bond acceptors (Lipinski definition) is 3. The predicted molar refractivity (Wildman–Crippen MR) is 81.6 cm³/mol. The van der Waals surface area contributed by atoms with Gasteiger partial charge in [-0.25, -0.2) is 0 Å². The summed E-state index contributed by atoms with van der Waals surface area (Å²) in [6.45, 7) is 0.579. The quantitative estimate of drug-likeness (QED) is 0.896. The molecule has 0 radical (unpaired) electrons. The molecule has 1 N–H and O–H groups in total. The summed E-state index contributed by atoms with van der Waals surface area (Å²) in [7, 11) is 1.79. The Bertz CT molecular complexity index is 502. The van der Waals surface area contributed by atoms with E-state index in [9.17, 15) is 9.59 Å². The predicted octanol–water partition coefficient (Wildman–Crippen LogP) is 3.36. The van der Waals surface area contributed by atoms with Gasteiger partial charge in [-0.2, -0.15) is 0 Å². The first-order valence-corrected chi connectivity index (χ1v) is 8.35. The molecule has 0 aliphatic heterocycles. The Hall–Kier alpha value is -0.880.